The van der Waals surface area contributed by atoms with E-state index < -0.39 is 23.5 Å². The van der Waals surface area contributed by atoms with Crippen LogP contribution >= 0.6 is 0 Å². The monoisotopic (exact) mass is 561 g/mol. The van der Waals surface area contributed by atoms with Gasteiger partial charge in [0, 0.05) is 62.5 Å². The Morgan fingerprint density at radius 2 is 1.63 bits per heavy atom. The maximum absolute atomic E-state index is 13.9. The Morgan fingerprint density at radius 1 is 1.00 bits per heavy atom. The number of amides is 4. The van der Waals surface area contributed by atoms with E-state index in [0.29, 0.717) is 31.8 Å². The standard InChI is InChI=1S/C31H39N5O5/c1-20(41-16-21-8-6-5-7-9-21)25(27(38)32-4)34-26(37)24-15-35(28(39)22-10-12-33-13-11-22)17-31(24)18-36(19-31)29(40)23-14-30(23,2)3/h5-13,20,23-25H,14-19H2,1-4H3,(H,32,38)(H,34,37)/t20-,23-,24-,25+/m1/s1. The van der Waals surface area contributed by atoms with Crippen LogP contribution in [0.4, 0.5) is 0 Å². The molecular weight excluding hydrogens is 522 g/mol. The zero-order valence-corrected chi connectivity index (χ0v) is 24.1. The summed E-state index contributed by atoms with van der Waals surface area (Å²) in [6, 6.07) is 12.0. The summed E-state index contributed by atoms with van der Waals surface area (Å²) in [7, 11) is 1.52. The van der Waals surface area contributed by atoms with Crippen LogP contribution in [0.5, 0.6) is 0 Å². The molecule has 5 rings (SSSR count). The van der Waals surface area contributed by atoms with Gasteiger partial charge in [0.05, 0.1) is 18.6 Å². The highest BCUT2D eigenvalue weighted by atomic mass is 16.5. The van der Waals surface area contributed by atoms with Gasteiger partial charge in [0.25, 0.3) is 5.91 Å². The Kier molecular flexibility index (Phi) is 7.87. The summed E-state index contributed by atoms with van der Waals surface area (Å²) >= 11 is 0. The second-order valence-electron chi connectivity index (χ2n) is 12.4. The van der Waals surface area contributed by atoms with E-state index in [2.05, 4.69) is 29.5 Å². The zero-order chi connectivity index (χ0) is 29.4. The summed E-state index contributed by atoms with van der Waals surface area (Å²) < 4.78 is 5.99. The smallest absolute Gasteiger partial charge is 0.254 e. The lowest BCUT2D eigenvalue weighted by atomic mass is 9.70. The molecule has 1 aliphatic carbocycles. The lowest BCUT2D eigenvalue weighted by molar-refractivity contribution is -0.152. The molecule has 0 radical (unpaired) electrons. The van der Waals surface area contributed by atoms with Crippen LogP contribution in [0.2, 0.25) is 0 Å². The van der Waals surface area contributed by atoms with Gasteiger partial charge >= 0.3 is 0 Å². The number of hydrogen-bond donors (Lipinski definition) is 2. The normalized spacial score (nSPS) is 23.3. The van der Waals surface area contributed by atoms with Crippen LogP contribution < -0.4 is 10.6 Å². The number of likely N-dealkylation sites (N-methyl/N-ethyl adjacent to an activating group) is 1. The molecule has 1 aromatic carbocycles. The molecule has 2 N–H and O–H groups in total. The molecule has 0 unspecified atom stereocenters. The number of nitrogens with one attached hydrogen (secondary N) is 2. The highest BCUT2D eigenvalue weighted by molar-refractivity contribution is 5.96. The van der Waals surface area contributed by atoms with Crippen molar-refractivity contribution >= 4 is 23.6 Å². The molecule has 4 atom stereocenters. The largest absolute Gasteiger partial charge is 0.371 e. The van der Waals surface area contributed by atoms with Crippen molar-refractivity contribution in [2.24, 2.45) is 22.7 Å². The van der Waals surface area contributed by atoms with Gasteiger partial charge in [-0.05, 0) is 36.5 Å². The first-order chi connectivity index (χ1) is 19.5. The minimum atomic E-state index is -0.928. The van der Waals surface area contributed by atoms with E-state index in [4.69, 9.17) is 4.74 Å². The summed E-state index contributed by atoms with van der Waals surface area (Å²) in [5.74, 6) is -1.33. The third-order valence-corrected chi connectivity index (χ3v) is 8.97. The molecule has 4 amide bonds. The van der Waals surface area contributed by atoms with Crippen molar-refractivity contribution in [2.75, 3.05) is 33.2 Å². The third kappa shape index (κ3) is 5.84. The van der Waals surface area contributed by atoms with E-state index in [9.17, 15) is 19.2 Å². The number of nitrogens with zero attached hydrogens (tertiary/aromatic N) is 3. The predicted octanol–water partition coefficient (Wildman–Crippen LogP) is 1.86. The quantitative estimate of drug-likeness (QED) is 0.482. The van der Waals surface area contributed by atoms with Crippen LogP contribution in [0.3, 0.4) is 0 Å². The summed E-state index contributed by atoms with van der Waals surface area (Å²) in [6.45, 7) is 7.59. The summed E-state index contributed by atoms with van der Waals surface area (Å²) in [5, 5.41) is 5.56. The number of pyridine rings is 1. The SMILES string of the molecule is CNC(=O)[C@@H](NC(=O)[C@H]1CN(C(=O)c2ccncc2)CC12CN(C(=O)[C@H]1CC1(C)C)C2)[C@@H](C)OCc1ccccc1. The van der Waals surface area contributed by atoms with Gasteiger partial charge in [0.2, 0.25) is 17.7 Å². The summed E-state index contributed by atoms with van der Waals surface area (Å²) in [6.07, 6.45) is 3.38. The summed E-state index contributed by atoms with van der Waals surface area (Å²) in [5.41, 5.74) is 0.878. The van der Waals surface area contributed by atoms with Gasteiger partial charge in [0.1, 0.15) is 6.04 Å². The second-order valence-corrected chi connectivity index (χ2v) is 12.4. The molecular formula is C31H39N5O5. The Labute approximate surface area is 240 Å². The van der Waals surface area contributed by atoms with Crippen LogP contribution in [0, 0.1) is 22.7 Å². The molecule has 1 aromatic heterocycles. The predicted molar refractivity (Wildman–Crippen MR) is 151 cm³/mol. The average Bonchev–Trinajstić information content (AvgIpc) is 3.42. The van der Waals surface area contributed by atoms with Gasteiger partial charge in [-0.15, -0.1) is 0 Å². The van der Waals surface area contributed by atoms with Crippen molar-refractivity contribution in [1.82, 2.24) is 25.4 Å². The molecule has 3 fully saturated rings. The van der Waals surface area contributed by atoms with Crippen molar-refractivity contribution in [2.45, 2.75) is 45.9 Å². The third-order valence-electron chi connectivity index (χ3n) is 8.97. The number of ether oxygens (including phenoxy) is 1. The average molecular weight is 562 g/mol. The molecule has 1 saturated carbocycles. The van der Waals surface area contributed by atoms with Crippen molar-refractivity contribution in [1.29, 1.82) is 0 Å². The molecule has 41 heavy (non-hydrogen) atoms. The van der Waals surface area contributed by atoms with Crippen molar-refractivity contribution in [3.63, 3.8) is 0 Å². The van der Waals surface area contributed by atoms with E-state index in [-0.39, 0.29) is 41.5 Å². The fourth-order valence-corrected chi connectivity index (χ4v) is 6.16. The molecule has 0 bridgehead atoms. The van der Waals surface area contributed by atoms with Crippen LogP contribution in [0.25, 0.3) is 0 Å². The van der Waals surface area contributed by atoms with Gasteiger partial charge in [-0.2, -0.15) is 0 Å². The number of carbonyl (C=O) groups excluding carboxylic acids is 4. The minimum Gasteiger partial charge on any atom is -0.371 e. The fraction of sp³-hybridized carbons (Fsp3) is 0.516. The van der Waals surface area contributed by atoms with E-state index >= 15 is 0 Å². The minimum absolute atomic E-state index is 0.00308. The highest BCUT2D eigenvalue weighted by Gasteiger charge is 2.62. The van der Waals surface area contributed by atoms with Crippen LogP contribution in [-0.4, -0.2) is 83.8 Å². The summed E-state index contributed by atoms with van der Waals surface area (Å²) in [4.78, 5) is 60.8. The Hall–Kier alpha value is -3.79. The molecule has 2 aliphatic heterocycles. The molecule has 3 heterocycles. The molecule has 3 aliphatic rings. The zero-order valence-electron chi connectivity index (χ0n) is 24.1. The molecule has 2 saturated heterocycles. The fourth-order valence-electron chi connectivity index (χ4n) is 6.16. The molecule has 1 spiro atoms. The van der Waals surface area contributed by atoms with Gasteiger partial charge < -0.3 is 25.2 Å². The number of likely N-dealkylation sites (tertiary alicyclic amines) is 2. The van der Waals surface area contributed by atoms with Gasteiger partial charge in [0.15, 0.2) is 0 Å². The topological polar surface area (TPSA) is 121 Å². The van der Waals surface area contributed by atoms with Gasteiger partial charge in [-0.25, -0.2) is 0 Å². The number of rotatable bonds is 9. The number of hydrogen-bond acceptors (Lipinski definition) is 6. The Bertz CT molecular complexity index is 1290. The van der Waals surface area contributed by atoms with Crippen LogP contribution in [-0.2, 0) is 25.7 Å². The van der Waals surface area contributed by atoms with Crippen LogP contribution in [0.15, 0.2) is 54.9 Å². The number of benzene rings is 1. The van der Waals surface area contributed by atoms with Gasteiger partial charge in [-0.1, -0.05) is 44.2 Å². The first kappa shape index (κ1) is 28.7. The molecule has 2 aromatic rings. The number of carbonyl (C=O) groups is 4. The van der Waals surface area contributed by atoms with E-state index in [1.165, 1.54) is 7.05 Å². The molecule has 10 nitrogen and oxygen atoms in total. The maximum atomic E-state index is 13.9. The first-order valence-electron chi connectivity index (χ1n) is 14.2. The second kappa shape index (κ2) is 11.2. The van der Waals surface area contributed by atoms with Gasteiger partial charge in [-0.3, -0.25) is 24.2 Å². The van der Waals surface area contributed by atoms with E-state index in [0.717, 1.165) is 12.0 Å². The number of aromatic nitrogens is 1. The van der Waals surface area contributed by atoms with Crippen LogP contribution in [0.1, 0.15) is 43.1 Å². The highest BCUT2D eigenvalue weighted by Crippen LogP contribution is 2.54. The lowest BCUT2D eigenvalue weighted by Crippen LogP contribution is -2.65. The van der Waals surface area contributed by atoms with Crippen molar-refractivity contribution in [3.8, 4) is 0 Å². The molecule has 218 valence electrons. The van der Waals surface area contributed by atoms with Crippen molar-refractivity contribution in [3.05, 3.63) is 66.0 Å². The first-order valence-corrected chi connectivity index (χ1v) is 14.2. The van der Waals surface area contributed by atoms with E-state index in [1.54, 1.807) is 36.4 Å². The maximum Gasteiger partial charge on any atom is 0.254 e. The van der Waals surface area contributed by atoms with E-state index in [1.807, 2.05) is 35.2 Å². The Balaban J connectivity index is 1.32. The molecule has 10 heteroatoms. The lowest BCUT2D eigenvalue weighted by Gasteiger charge is -2.50. The Morgan fingerprint density at radius 3 is 2.24 bits per heavy atom. The van der Waals surface area contributed by atoms with Crippen molar-refractivity contribution < 1.29 is 23.9 Å².